The molecule has 3 rings (SSSR count). The number of hydrogen-bond donors (Lipinski definition) is 1. The number of aliphatic imine (C=N–C) groups is 1. The second-order valence-corrected chi connectivity index (χ2v) is 7.41. The molecule has 1 atom stereocenters. The van der Waals surface area contributed by atoms with Crippen molar-refractivity contribution in [3.63, 3.8) is 0 Å². The monoisotopic (exact) mass is 419 g/mol. The van der Waals surface area contributed by atoms with E-state index in [1.165, 1.54) is 9.13 Å². The zero-order valence-electron chi connectivity index (χ0n) is 16.7. The number of fused-ring (bicyclic) bond motifs is 1. The Labute approximate surface area is 174 Å². The van der Waals surface area contributed by atoms with Gasteiger partial charge < -0.3 is 9.84 Å². The number of aliphatic hydroxyl groups excluding tert-OH is 1. The molecule has 0 saturated heterocycles. The molecule has 1 unspecified atom stereocenters. The molecule has 156 valence electrons. The lowest BCUT2D eigenvalue weighted by Gasteiger charge is -2.26. The number of nitrogens with zero attached hydrogens (tertiary/aromatic N) is 3. The predicted molar refractivity (Wildman–Crippen MR) is 113 cm³/mol. The van der Waals surface area contributed by atoms with E-state index in [0.717, 1.165) is 5.56 Å². The van der Waals surface area contributed by atoms with E-state index in [1.807, 2.05) is 38.1 Å². The van der Waals surface area contributed by atoms with Gasteiger partial charge >= 0.3 is 5.69 Å². The van der Waals surface area contributed by atoms with Gasteiger partial charge in [-0.2, -0.15) is 4.99 Å². The molecule has 1 aromatic heterocycles. The van der Waals surface area contributed by atoms with Gasteiger partial charge in [-0.05, 0) is 50.8 Å². The number of ether oxygens (including phenoxy) is 1. The number of rotatable bonds is 7. The zero-order valence-corrected chi connectivity index (χ0v) is 17.5. The van der Waals surface area contributed by atoms with Gasteiger partial charge in [0.05, 0.1) is 12.2 Å². The molecule has 1 aromatic carbocycles. The maximum absolute atomic E-state index is 13.1. The van der Waals surface area contributed by atoms with Crippen LogP contribution in [0.25, 0.3) is 0 Å². The summed E-state index contributed by atoms with van der Waals surface area (Å²) < 4.78 is 8.50. The lowest BCUT2D eigenvalue weighted by molar-refractivity contribution is 0.276. The van der Waals surface area contributed by atoms with E-state index in [9.17, 15) is 9.59 Å². The second-order valence-electron chi connectivity index (χ2n) is 6.98. The van der Waals surface area contributed by atoms with Crippen molar-refractivity contribution in [2.24, 2.45) is 10.9 Å². The molecule has 1 N–H and O–H groups in total. The van der Waals surface area contributed by atoms with Crippen LogP contribution in [0.4, 0.5) is 5.82 Å². The average molecular weight is 420 g/mol. The Bertz CT molecular complexity index is 1010. The van der Waals surface area contributed by atoms with Crippen LogP contribution in [-0.4, -0.2) is 33.4 Å². The number of aliphatic hydroxyl groups is 1. The molecule has 0 fully saturated rings. The normalized spacial score (nSPS) is 15.7. The smallest absolute Gasteiger partial charge is 0.332 e. The minimum Gasteiger partial charge on any atom is -0.481 e. The van der Waals surface area contributed by atoms with Gasteiger partial charge in [-0.3, -0.25) is 13.9 Å². The summed E-state index contributed by atoms with van der Waals surface area (Å²) in [4.78, 5) is 30.5. The van der Waals surface area contributed by atoms with Crippen molar-refractivity contribution in [3.8, 4) is 0 Å². The molecule has 2 heterocycles. The molecule has 0 aliphatic carbocycles. The van der Waals surface area contributed by atoms with Crippen LogP contribution in [0.15, 0.2) is 38.8 Å². The van der Waals surface area contributed by atoms with Crippen molar-refractivity contribution in [2.45, 2.75) is 46.2 Å². The van der Waals surface area contributed by atoms with E-state index < -0.39 is 5.69 Å². The van der Waals surface area contributed by atoms with Crippen LogP contribution in [0.5, 0.6) is 0 Å². The zero-order chi connectivity index (χ0) is 21.0. The number of aromatic nitrogens is 2. The first kappa shape index (κ1) is 21.3. The van der Waals surface area contributed by atoms with Crippen LogP contribution in [0.2, 0.25) is 5.02 Å². The first-order valence-electron chi connectivity index (χ1n) is 9.93. The summed E-state index contributed by atoms with van der Waals surface area (Å²) in [6, 6.07) is 7.57. The van der Waals surface area contributed by atoms with Gasteiger partial charge in [-0.15, -0.1) is 0 Å². The van der Waals surface area contributed by atoms with Crippen LogP contribution in [0.1, 0.15) is 31.4 Å². The largest absolute Gasteiger partial charge is 0.481 e. The summed E-state index contributed by atoms with van der Waals surface area (Å²) in [5, 5.41) is 9.79. The highest BCUT2D eigenvalue weighted by Gasteiger charge is 2.30. The number of benzene rings is 1. The highest BCUT2D eigenvalue weighted by Crippen LogP contribution is 2.28. The van der Waals surface area contributed by atoms with Gasteiger partial charge in [0.25, 0.3) is 5.56 Å². The molecule has 8 heteroatoms. The lowest BCUT2D eigenvalue weighted by atomic mass is 9.91. The van der Waals surface area contributed by atoms with Gasteiger partial charge in [0, 0.05) is 30.6 Å². The van der Waals surface area contributed by atoms with Crippen LogP contribution in [-0.2, 0) is 30.7 Å². The summed E-state index contributed by atoms with van der Waals surface area (Å²) in [6.45, 7) is 4.68. The van der Waals surface area contributed by atoms with Crippen LogP contribution in [0, 0.1) is 5.92 Å². The van der Waals surface area contributed by atoms with E-state index in [4.69, 9.17) is 21.4 Å². The second kappa shape index (κ2) is 9.41. The maximum atomic E-state index is 13.1. The van der Waals surface area contributed by atoms with Crippen molar-refractivity contribution < 1.29 is 9.84 Å². The van der Waals surface area contributed by atoms with Gasteiger partial charge in [0.2, 0.25) is 0 Å². The first-order chi connectivity index (χ1) is 14.0. The van der Waals surface area contributed by atoms with Gasteiger partial charge in [0.1, 0.15) is 5.82 Å². The van der Waals surface area contributed by atoms with E-state index in [1.54, 1.807) is 0 Å². The van der Waals surface area contributed by atoms with E-state index in [2.05, 4.69) is 4.99 Å². The summed E-state index contributed by atoms with van der Waals surface area (Å²) >= 11 is 5.99. The summed E-state index contributed by atoms with van der Waals surface area (Å²) in [5.74, 6) is 0.827. The highest BCUT2D eigenvalue weighted by atomic mass is 35.5. The van der Waals surface area contributed by atoms with Crippen LogP contribution in [0.3, 0.4) is 0 Å². The Kier molecular flexibility index (Phi) is 6.92. The molecule has 29 heavy (non-hydrogen) atoms. The van der Waals surface area contributed by atoms with Gasteiger partial charge in [0.15, 0.2) is 5.90 Å². The number of hydrogen-bond acceptors (Lipinski definition) is 5. The fourth-order valence-electron chi connectivity index (χ4n) is 3.65. The SMILES string of the molecule is CCOC1=Nc2c(c(=O)n(CCCO)c(=O)n2CC)CC1Cc1ccc(Cl)cc1. The Morgan fingerprint density at radius 1 is 1.21 bits per heavy atom. The highest BCUT2D eigenvalue weighted by molar-refractivity contribution is 6.30. The fourth-order valence-corrected chi connectivity index (χ4v) is 3.78. The van der Waals surface area contributed by atoms with Gasteiger partial charge in [-0.25, -0.2) is 4.79 Å². The average Bonchev–Trinajstić information content (AvgIpc) is 2.71. The number of halogens is 1. The van der Waals surface area contributed by atoms with Crippen molar-refractivity contribution in [3.05, 3.63) is 61.3 Å². The molecule has 0 spiro atoms. The maximum Gasteiger partial charge on any atom is 0.332 e. The molecule has 0 saturated carbocycles. The quantitative estimate of drug-likeness (QED) is 0.747. The molecule has 7 nitrogen and oxygen atoms in total. The van der Waals surface area contributed by atoms with Crippen molar-refractivity contribution in [1.29, 1.82) is 0 Å². The van der Waals surface area contributed by atoms with Crippen molar-refractivity contribution in [2.75, 3.05) is 13.2 Å². The lowest BCUT2D eigenvalue weighted by Crippen LogP contribution is -2.44. The first-order valence-corrected chi connectivity index (χ1v) is 10.3. The molecule has 0 radical (unpaired) electrons. The fraction of sp³-hybridized carbons (Fsp3) is 0.476. The molecule has 1 aliphatic rings. The minimum atomic E-state index is -0.402. The Balaban J connectivity index is 2.07. The molecular weight excluding hydrogens is 394 g/mol. The standard InChI is InChI=1S/C21H26ClN3O4/c1-3-24-18-17(20(27)25(21(24)28)10-5-11-26)13-15(19(23-18)29-4-2)12-14-6-8-16(22)9-7-14/h6-9,15,26H,3-5,10-13H2,1-2H3. The Hall–Kier alpha value is -2.38. The summed E-state index contributed by atoms with van der Waals surface area (Å²) in [7, 11) is 0. The Morgan fingerprint density at radius 3 is 2.55 bits per heavy atom. The molecule has 0 bridgehead atoms. The van der Waals surface area contributed by atoms with E-state index in [0.29, 0.717) is 54.7 Å². The van der Waals surface area contributed by atoms with Crippen LogP contribution < -0.4 is 11.2 Å². The molecule has 0 amide bonds. The molecular formula is C21H26ClN3O4. The third-order valence-electron chi connectivity index (χ3n) is 5.05. The predicted octanol–water partition coefficient (Wildman–Crippen LogP) is 2.55. The van der Waals surface area contributed by atoms with E-state index in [-0.39, 0.29) is 24.6 Å². The van der Waals surface area contributed by atoms with Crippen molar-refractivity contribution in [1.82, 2.24) is 9.13 Å². The van der Waals surface area contributed by atoms with Crippen LogP contribution >= 0.6 is 11.6 Å². The summed E-state index contributed by atoms with van der Waals surface area (Å²) in [5.41, 5.74) is 0.857. The minimum absolute atomic E-state index is 0.0824. The van der Waals surface area contributed by atoms with Crippen molar-refractivity contribution >= 4 is 23.3 Å². The topological polar surface area (TPSA) is 85.8 Å². The molecule has 1 aliphatic heterocycles. The van der Waals surface area contributed by atoms with E-state index >= 15 is 0 Å². The summed E-state index contributed by atoms with van der Waals surface area (Å²) in [6.07, 6.45) is 1.44. The molecule has 2 aromatic rings. The third kappa shape index (κ3) is 4.46. The van der Waals surface area contributed by atoms with Gasteiger partial charge in [-0.1, -0.05) is 23.7 Å². The Morgan fingerprint density at radius 2 is 1.93 bits per heavy atom. The third-order valence-corrected chi connectivity index (χ3v) is 5.30.